The molecular weight excluding hydrogens is 197 g/mol. The van der Waals surface area contributed by atoms with Crippen LogP contribution in [0.1, 0.15) is 11.4 Å². The molecular formula is C7H9Cl2N3. The third-order valence-corrected chi connectivity index (χ3v) is 1.24. The molecule has 0 saturated heterocycles. The lowest BCUT2D eigenvalue weighted by Gasteiger charge is -1.95. The summed E-state index contributed by atoms with van der Waals surface area (Å²) in [5.74, 6) is 0. The minimum Gasteiger partial charge on any atom is -0.397 e. The molecule has 1 heterocycles. The highest BCUT2D eigenvalue weighted by Crippen LogP contribution is 2.06. The number of aromatic nitrogens is 1. The number of nitrogens with two attached hydrogens (primary N) is 1. The Balaban J connectivity index is 0. The van der Waals surface area contributed by atoms with Gasteiger partial charge in [0.2, 0.25) is 0 Å². The van der Waals surface area contributed by atoms with Gasteiger partial charge >= 0.3 is 0 Å². The molecule has 5 heteroatoms. The SMILES string of the molecule is Cc1nc(C#N)ccc1N.Cl.Cl. The number of anilines is 1. The Morgan fingerprint density at radius 3 is 2.42 bits per heavy atom. The number of nitriles is 1. The first-order chi connectivity index (χ1) is 4.74. The predicted molar refractivity (Wildman–Crippen MR) is 52.6 cm³/mol. The lowest BCUT2D eigenvalue weighted by molar-refractivity contribution is 1.17. The van der Waals surface area contributed by atoms with Crippen molar-refractivity contribution in [1.29, 1.82) is 5.26 Å². The molecule has 0 aliphatic rings. The average molecular weight is 206 g/mol. The topological polar surface area (TPSA) is 62.7 Å². The van der Waals surface area contributed by atoms with Crippen LogP contribution in [0.4, 0.5) is 5.69 Å². The van der Waals surface area contributed by atoms with E-state index in [-0.39, 0.29) is 24.8 Å². The number of rotatable bonds is 0. The van der Waals surface area contributed by atoms with E-state index in [2.05, 4.69) is 4.98 Å². The molecule has 0 aliphatic heterocycles. The van der Waals surface area contributed by atoms with E-state index in [9.17, 15) is 0 Å². The Bertz CT molecular complexity index is 293. The summed E-state index contributed by atoms with van der Waals surface area (Å²) in [6.07, 6.45) is 0. The quantitative estimate of drug-likeness (QED) is 0.702. The zero-order valence-electron chi connectivity index (χ0n) is 6.44. The molecule has 12 heavy (non-hydrogen) atoms. The number of hydrogen-bond donors (Lipinski definition) is 1. The van der Waals surface area contributed by atoms with Crippen LogP contribution in [0.2, 0.25) is 0 Å². The van der Waals surface area contributed by atoms with E-state index in [0.717, 1.165) is 0 Å². The third kappa shape index (κ3) is 2.95. The van der Waals surface area contributed by atoms with E-state index in [1.807, 2.05) is 6.07 Å². The minimum absolute atomic E-state index is 0. The van der Waals surface area contributed by atoms with Crippen LogP contribution in [0.5, 0.6) is 0 Å². The zero-order valence-corrected chi connectivity index (χ0v) is 8.08. The van der Waals surface area contributed by atoms with E-state index >= 15 is 0 Å². The van der Waals surface area contributed by atoms with Crippen molar-refractivity contribution in [3.05, 3.63) is 23.5 Å². The molecule has 1 aromatic heterocycles. The van der Waals surface area contributed by atoms with Crippen LogP contribution in [0.25, 0.3) is 0 Å². The van der Waals surface area contributed by atoms with Crippen LogP contribution in [-0.2, 0) is 0 Å². The van der Waals surface area contributed by atoms with Gasteiger partial charge in [0, 0.05) is 0 Å². The van der Waals surface area contributed by atoms with Crippen LogP contribution in [-0.4, -0.2) is 4.98 Å². The number of nitrogens with zero attached hydrogens (tertiary/aromatic N) is 2. The van der Waals surface area contributed by atoms with Crippen molar-refractivity contribution in [2.45, 2.75) is 6.92 Å². The van der Waals surface area contributed by atoms with Crippen molar-refractivity contribution in [2.24, 2.45) is 0 Å². The van der Waals surface area contributed by atoms with E-state index in [1.165, 1.54) is 0 Å². The number of nitrogen functional groups attached to an aromatic ring is 1. The maximum atomic E-state index is 8.40. The summed E-state index contributed by atoms with van der Waals surface area (Å²) < 4.78 is 0. The van der Waals surface area contributed by atoms with Gasteiger partial charge in [0.1, 0.15) is 11.8 Å². The third-order valence-electron chi connectivity index (χ3n) is 1.24. The van der Waals surface area contributed by atoms with Gasteiger partial charge in [0.25, 0.3) is 0 Å². The maximum Gasteiger partial charge on any atom is 0.140 e. The monoisotopic (exact) mass is 205 g/mol. The first-order valence-electron chi connectivity index (χ1n) is 2.87. The van der Waals surface area contributed by atoms with Crippen molar-refractivity contribution < 1.29 is 0 Å². The molecule has 2 N–H and O–H groups in total. The Labute approximate surface area is 83.4 Å². The fourth-order valence-electron chi connectivity index (χ4n) is 0.634. The van der Waals surface area contributed by atoms with Crippen LogP contribution in [0.15, 0.2) is 12.1 Å². The van der Waals surface area contributed by atoms with Crippen LogP contribution in [0.3, 0.4) is 0 Å². The smallest absolute Gasteiger partial charge is 0.140 e. The van der Waals surface area contributed by atoms with Crippen molar-refractivity contribution in [3.8, 4) is 6.07 Å². The lowest BCUT2D eigenvalue weighted by Crippen LogP contribution is -1.93. The average Bonchev–Trinajstić information content (AvgIpc) is 1.95. The van der Waals surface area contributed by atoms with Crippen LogP contribution in [0, 0.1) is 18.3 Å². The Morgan fingerprint density at radius 1 is 1.42 bits per heavy atom. The summed E-state index contributed by atoms with van der Waals surface area (Å²) in [4.78, 5) is 3.91. The largest absolute Gasteiger partial charge is 0.397 e. The fourth-order valence-corrected chi connectivity index (χ4v) is 0.634. The molecule has 0 radical (unpaired) electrons. The molecule has 0 fully saturated rings. The molecule has 0 atom stereocenters. The van der Waals surface area contributed by atoms with Gasteiger partial charge in [-0.25, -0.2) is 4.98 Å². The standard InChI is InChI=1S/C7H7N3.2ClH/c1-5-7(9)3-2-6(4-8)10-5;;/h2-3H,9H2,1H3;2*1H. The number of halogens is 2. The summed E-state index contributed by atoms with van der Waals surface area (Å²) in [6.45, 7) is 1.77. The Kier molecular flexibility index (Phi) is 6.39. The summed E-state index contributed by atoms with van der Waals surface area (Å²) in [5, 5.41) is 8.40. The molecule has 1 aromatic rings. The molecule has 0 saturated carbocycles. The molecule has 0 bridgehead atoms. The first kappa shape index (κ1) is 13.6. The van der Waals surface area contributed by atoms with Gasteiger partial charge in [-0.3, -0.25) is 0 Å². The highest BCUT2D eigenvalue weighted by atomic mass is 35.5. The number of hydrogen-bond acceptors (Lipinski definition) is 3. The van der Waals surface area contributed by atoms with E-state index in [0.29, 0.717) is 17.1 Å². The summed E-state index contributed by atoms with van der Waals surface area (Å²) in [7, 11) is 0. The lowest BCUT2D eigenvalue weighted by atomic mass is 10.3. The molecule has 3 nitrogen and oxygen atoms in total. The van der Waals surface area contributed by atoms with Crippen molar-refractivity contribution in [1.82, 2.24) is 4.98 Å². The van der Waals surface area contributed by atoms with Gasteiger partial charge in [-0.1, -0.05) is 0 Å². The van der Waals surface area contributed by atoms with E-state index < -0.39 is 0 Å². The molecule has 1 rings (SSSR count). The molecule has 66 valence electrons. The van der Waals surface area contributed by atoms with Gasteiger partial charge in [0.15, 0.2) is 0 Å². The van der Waals surface area contributed by atoms with Gasteiger partial charge in [0.05, 0.1) is 11.4 Å². The minimum atomic E-state index is 0. The zero-order chi connectivity index (χ0) is 7.56. The van der Waals surface area contributed by atoms with E-state index in [4.69, 9.17) is 11.0 Å². The second kappa shape index (κ2) is 5.64. The predicted octanol–water partition coefficient (Wildman–Crippen LogP) is 1.69. The highest BCUT2D eigenvalue weighted by molar-refractivity contribution is 5.85. The summed E-state index contributed by atoms with van der Waals surface area (Å²) in [6, 6.07) is 5.21. The van der Waals surface area contributed by atoms with Gasteiger partial charge in [-0.05, 0) is 19.1 Å². The number of pyridine rings is 1. The molecule has 0 aliphatic carbocycles. The van der Waals surface area contributed by atoms with Gasteiger partial charge in [-0.2, -0.15) is 5.26 Å². The molecule has 0 spiro atoms. The van der Waals surface area contributed by atoms with Gasteiger partial charge in [-0.15, -0.1) is 24.8 Å². The molecule has 0 aromatic carbocycles. The normalized spacial score (nSPS) is 7.33. The summed E-state index contributed by atoms with van der Waals surface area (Å²) in [5.41, 5.74) is 7.21. The molecule has 0 amide bonds. The highest BCUT2D eigenvalue weighted by Gasteiger charge is 1.94. The Hall–Kier alpha value is -0.980. The van der Waals surface area contributed by atoms with Crippen molar-refractivity contribution >= 4 is 30.5 Å². The molecule has 0 unspecified atom stereocenters. The van der Waals surface area contributed by atoms with Crippen LogP contribution < -0.4 is 5.73 Å². The van der Waals surface area contributed by atoms with Crippen LogP contribution >= 0.6 is 24.8 Å². The van der Waals surface area contributed by atoms with Gasteiger partial charge < -0.3 is 5.73 Å². The summed E-state index contributed by atoms with van der Waals surface area (Å²) >= 11 is 0. The Morgan fingerprint density at radius 2 is 2.00 bits per heavy atom. The number of aryl methyl sites for hydroxylation is 1. The fraction of sp³-hybridized carbons (Fsp3) is 0.143. The van der Waals surface area contributed by atoms with Crippen molar-refractivity contribution in [3.63, 3.8) is 0 Å². The first-order valence-corrected chi connectivity index (χ1v) is 2.87. The van der Waals surface area contributed by atoms with E-state index in [1.54, 1.807) is 19.1 Å². The maximum absolute atomic E-state index is 8.40. The second-order valence-corrected chi connectivity index (χ2v) is 1.98. The van der Waals surface area contributed by atoms with Crippen molar-refractivity contribution in [2.75, 3.05) is 5.73 Å². The second-order valence-electron chi connectivity index (χ2n) is 1.98.